The molecule has 1 N–H and O–H groups in total. The zero-order chi connectivity index (χ0) is 14.2. The summed E-state index contributed by atoms with van der Waals surface area (Å²) in [5.74, 6) is 0.862. The van der Waals surface area contributed by atoms with Gasteiger partial charge in [-0.15, -0.1) is 11.3 Å². The Morgan fingerprint density at radius 2 is 2.00 bits per heavy atom. The summed E-state index contributed by atoms with van der Waals surface area (Å²) in [7, 11) is 1.67. The number of benzene rings is 1. The van der Waals surface area contributed by atoms with Crippen LogP contribution in [0.3, 0.4) is 0 Å². The standard InChI is InChI=1S/C15H20N2O2S/c1-3-16-8-15-17-13(11-20-15)10-19-9-12-4-6-14(18-2)7-5-12/h4-7,11,16H,3,8-10H2,1-2H3. The van der Waals surface area contributed by atoms with E-state index in [1.807, 2.05) is 24.3 Å². The van der Waals surface area contributed by atoms with E-state index in [0.29, 0.717) is 13.2 Å². The van der Waals surface area contributed by atoms with Crippen LogP contribution in [0.4, 0.5) is 0 Å². The summed E-state index contributed by atoms with van der Waals surface area (Å²) >= 11 is 1.67. The number of thiazole rings is 1. The fourth-order valence-electron chi connectivity index (χ4n) is 1.72. The second-order valence-electron chi connectivity index (χ2n) is 4.35. The molecule has 108 valence electrons. The smallest absolute Gasteiger partial charge is 0.118 e. The molecule has 0 saturated heterocycles. The number of methoxy groups -OCH3 is 1. The Hall–Kier alpha value is -1.43. The second kappa shape index (κ2) is 7.99. The van der Waals surface area contributed by atoms with E-state index in [1.165, 1.54) is 0 Å². The van der Waals surface area contributed by atoms with Gasteiger partial charge in [0, 0.05) is 11.9 Å². The Morgan fingerprint density at radius 1 is 1.20 bits per heavy atom. The normalized spacial score (nSPS) is 10.7. The molecule has 0 bridgehead atoms. The van der Waals surface area contributed by atoms with Crippen molar-refractivity contribution in [3.63, 3.8) is 0 Å². The van der Waals surface area contributed by atoms with Gasteiger partial charge in [0.05, 0.1) is 26.0 Å². The monoisotopic (exact) mass is 292 g/mol. The molecule has 0 fully saturated rings. The van der Waals surface area contributed by atoms with E-state index in [1.54, 1.807) is 18.4 Å². The van der Waals surface area contributed by atoms with Crippen LogP contribution in [0.15, 0.2) is 29.6 Å². The van der Waals surface area contributed by atoms with Crippen LogP contribution in [0, 0.1) is 0 Å². The highest BCUT2D eigenvalue weighted by Gasteiger charge is 2.02. The van der Waals surface area contributed by atoms with Crippen LogP contribution in [-0.4, -0.2) is 18.6 Å². The largest absolute Gasteiger partial charge is 0.497 e. The zero-order valence-corrected chi connectivity index (χ0v) is 12.7. The van der Waals surface area contributed by atoms with Crippen molar-refractivity contribution < 1.29 is 9.47 Å². The number of rotatable bonds is 8. The first-order valence-electron chi connectivity index (χ1n) is 6.66. The molecule has 4 nitrogen and oxygen atoms in total. The molecule has 0 aliphatic rings. The molecule has 20 heavy (non-hydrogen) atoms. The van der Waals surface area contributed by atoms with Gasteiger partial charge in [-0.3, -0.25) is 0 Å². The molecule has 1 aromatic heterocycles. The van der Waals surface area contributed by atoms with Gasteiger partial charge in [-0.2, -0.15) is 0 Å². The third kappa shape index (κ3) is 4.59. The molecule has 0 radical (unpaired) electrons. The minimum absolute atomic E-state index is 0.550. The Kier molecular flexibility index (Phi) is 5.98. The van der Waals surface area contributed by atoms with E-state index in [4.69, 9.17) is 9.47 Å². The summed E-state index contributed by atoms with van der Waals surface area (Å²) in [6.45, 7) is 5.02. The molecule has 2 aromatic rings. The summed E-state index contributed by atoms with van der Waals surface area (Å²) in [6, 6.07) is 7.90. The van der Waals surface area contributed by atoms with Crippen molar-refractivity contribution in [3.8, 4) is 5.75 Å². The van der Waals surface area contributed by atoms with Crippen LogP contribution in [0.1, 0.15) is 23.2 Å². The number of hydrogen-bond donors (Lipinski definition) is 1. The summed E-state index contributed by atoms with van der Waals surface area (Å²) < 4.78 is 10.8. The summed E-state index contributed by atoms with van der Waals surface area (Å²) in [4.78, 5) is 4.52. The fourth-order valence-corrected chi connectivity index (χ4v) is 2.47. The molecule has 0 aliphatic carbocycles. The average molecular weight is 292 g/mol. The van der Waals surface area contributed by atoms with E-state index in [9.17, 15) is 0 Å². The van der Waals surface area contributed by atoms with Crippen molar-refractivity contribution >= 4 is 11.3 Å². The Morgan fingerprint density at radius 3 is 2.70 bits per heavy atom. The highest BCUT2D eigenvalue weighted by Crippen LogP contribution is 2.14. The van der Waals surface area contributed by atoms with Crippen molar-refractivity contribution in [2.24, 2.45) is 0 Å². The Labute approximate surface area is 123 Å². The van der Waals surface area contributed by atoms with E-state index in [2.05, 4.69) is 22.6 Å². The van der Waals surface area contributed by atoms with Crippen molar-refractivity contribution in [3.05, 3.63) is 45.9 Å². The first kappa shape index (κ1) is 15.0. The SMILES string of the molecule is CCNCc1nc(COCc2ccc(OC)cc2)cs1. The lowest BCUT2D eigenvalue weighted by molar-refractivity contribution is 0.105. The maximum atomic E-state index is 5.68. The highest BCUT2D eigenvalue weighted by molar-refractivity contribution is 7.09. The van der Waals surface area contributed by atoms with Gasteiger partial charge >= 0.3 is 0 Å². The van der Waals surface area contributed by atoms with Gasteiger partial charge in [0.2, 0.25) is 0 Å². The van der Waals surface area contributed by atoms with E-state index in [0.717, 1.165) is 35.1 Å². The van der Waals surface area contributed by atoms with Gasteiger partial charge in [-0.25, -0.2) is 4.98 Å². The number of nitrogens with zero attached hydrogens (tertiary/aromatic N) is 1. The minimum Gasteiger partial charge on any atom is -0.497 e. The number of nitrogens with one attached hydrogen (secondary N) is 1. The van der Waals surface area contributed by atoms with E-state index >= 15 is 0 Å². The molecule has 1 heterocycles. The van der Waals surface area contributed by atoms with Gasteiger partial charge in [-0.05, 0) is 24.2 Å². The van der Waals surface area contributed by atoms with Crippen LogP contribution in [0.25, 0.3) is 0 Å². The van der Waals surface area contributed by atoms with Crippen LogP contribution in [0.2, 0.25) is 0 Å². The van der Waals surface area contributed by atoms with Crippen LogP contribution in [0.5, 0.6) is 5.75 Å². The highest BCUT2D eigenvalue weighted by atomic mass is 32.1. The third-order valence-corrected chi connectivity index (χ3v) is 3.70. The minimum atomic E-state index is 0.550. The fraction of sp³-hybridized carbons (Fsp3) is 0.400. The number of aromatic nitrogens is 1. The molecule has 0 unspecified atom stereocenters. The van der Waals surface area contributed by atoms with Gasteiger partial charge < -0.3 is 14.8 Å². The molecule has 0 spiro atoms. The first-order chi connectivity index (χ1) is 9.81. The van der Waals surface area contributed by atoms with Gasteiger partial charge in [-0.1, -0.05) is 19.1 Å². The second-order valence-corrected chi connectivity index (χ2v) is 5.30. The molecule has 0 amide bonds. The lowest BCUT2D eigenvalue weighted by Crippen LogP contribution is -2.11. The third-order valence-electron chi connectivity index (χ3n) is 2.80. The predicted octanol–water partition coefficient (Wildman–Crippen LogP) is 2.98. The molecule has 0 atom stereocenters. The van der Waals surface area contributed by atoms with Crippen molar-refractivity contribution in [1.82, 2.24) is 10.3 Å². The predicted molar refractivity (Wildman–Crippen MR) is 81.0 cm³/mol. The molecule has 1 aromatic carbocycles. The van der Waals surface area contributed by atoms with Gasteiger partial charge in [0.1, 0.15) is 10.8 Å². The molecular formula is C15H20N2O2S. The van der Waals surface area contributed by atoms with Crippen LogP contribution < -0.4 is 10.1 Å². The maximum Gasteiger partial charge on any atom is 0.118 e. The van der Waals surface area contributed by atoms with Crippen molar-refractivity contribution in [2.45, 2.75) is 26.7 Å². The van der Waals surface area contributed by atoms with Gasteiger partial charge in [0.15, 0.2) is 0 Å². The van der Waals surface area contributed by atoms with E-state index in [-0.39, 0.29) is 0 Å². The van der Waals surface area contributed by atoms with E-state index < -0.39 is 0 Å². The lowest BCUT2D eigenvalue weighted by atomic mass is 10.2. The first-order valence-corrected chi connectivity index (χ1v) is 7.54. The Bertz CT molecular complexity index is 511. The van der Waals surface area contributed by atoms with Crippen molar-refractivity contribution in [2.75, 3.05) is 13.7 Å². The molecule has 5 heteroatoms. The van der Waals surface area contributed by atoms with Crippen LogP contribution in [-0.2, 0) is 24.5 Å². The molecular weight excluding hydrogens is 272 g/mol. The van der Waals surface area contributed by atoms with Crippen molar-refractivity contribution in [1.29, 1.82) is 0 Å². The Balaban J connectivity index is 1.75. The molecule has 0 saturated carbocycles. The quantitative estimate of drug-likeness (QED) is 0.812. The van der Waals surface area contributed by atoms with Gasteiger partial charge in [0.25, 0.3) is 0 Å². The number of hydrogen-bond acceptors (Lipinski definition) is 5. The average Bonchev–Trinajstić information content (AvgIpc) is 2.94. The lowest BCUT2D eigenvalue weighted by Gasteiger charge is -2.04. The number of ether oxygens (including phenoxy) is 2. The molecule has 0 aliphatic heterocycles. The summed E-state index contributed by atoms with van der Waals surface area (Å²) in [5, 5.41) is 6.43. The maximum absolute atomic E-state index is 5.68. The van der Waals surface area contributed by atoms with Crippen LogP contribution >= 0.6 is 11.3 Å². The summed E-state index contributed by atoms with van der Waals surface area (Å²) in [5.41, 5.74) is 2.13. The topological polar surface area (TPSA) is 43.4 Å². The molecule has 2 rings (SSSR count). The summed E-state index contributed by atoms with van der Waals surface area (Å²) in [6.07, 6.45) is 0. The zero-order valence-electron chi connectivity index (χ0n) is 11.9.